The maximum atomic E-state index is 5.44. The van der Waals surface area contributed by atoms with Crippen LogP contribution in [0.4, 0.5) is 0 Å². The number of ether oxygens (including phenoxy) is 3. The second-order valence-electron chi connectivity index (χ2n) is 4.88. The molecular formula is C16H23NO3. The van der Waals surface area contributed by atoms with Crippen LogP contribution in [0.1, 0.15) is 24.8 Å². The summed E-state index contributed by atoms with van der Waals surface area (Å²) in [6.45, 7) is 0.766. The van der Waals surface area contributed by atoms with E-state index in [-0.39, 0.29) is 0 Å². The van der Waals surface area contributed by atoms with Crippen molar-refractivity contribution in [3.63, 3.8) is 0 Å². The van der Waals surface area contributed by atoms with Crippen LogP contribution in [0, 0.1) is 0 Å². The molecule has 1 aliphatic rings. The van der Waals surface area contributed by atoms with Crippen LogP contribution in [0.2, 0.25) is 0 Å². The molecule has 0 saturated carbocycles. The summed E-state index contributed by atoms with van der Waals surface area (Å²) in [7, 11) is 4.95. The first-order valence-corrected chi connectivity index (χ1v) is 6.95. The predicted octanol–water partition coefficient (Wildman–Crippen LogP) is 2.91. The molecule has 1 atom stereocenters. The number of hydrogen-bond donors (Lipinski definition) is 1. The highest BCUT2D eigenvalue weighted by Gasteiger charge is 2.14. The Morgan fingerprint density at radius 1 is 1.00 bits per heavy atom. The molecule has 20 heavy (non-hydrogen) atoms. The summed E-state index contributed by atoms with van der Waals surface area (Å²) in [6, 6.07) is 4.39. The first-order chi connectivity index (χ1) is 9.78. The van der Waals surface area contributed by atoms with Crippen molar-refractivity contribution in [3.05, 3.63) is 29.8 Å². The van der Waals surface area contributed by atoms with E-state index < -0.39 is 0 Å². The molecule has 2 rings (SSSR count). The van der Waals surface area contributed by atoms with E-state index in [9.17, 15) is 0 Å². The Morgan fingerprint density at radius 3 is 2.30 bits per heavy atom. The standard InChI is InChI=1S/C16H23NO3/c1-18-14-10-16(20-3)15(19-2)9-12(14)11-17-13-7-5-4-6-8-13/h4-5,9-10,13,17H,6-8,11H2,1-3H3. The van der Waals surface area contributed by atoms with Crippen molar-refractivity contribution in [3.8, 4) is 17.2 Å². The number of methoxy groups -OCH3 is 3. The summed E-state index contributed by atoms with van der Waals surface area (Å²) in [4.78, 5) is 0. The molecule has 0 spiro atoms. The van der Waals surface area contributed by atoms with E-state index in [1.807, 2.05) is 12.1 Å². The van der Waals surface area contributed by atoms with Crippen molar-refractivity contribution in [2.24, 2.45) is 0 Å². The number of rotatable bonds is 6. The Morgan fingerprint density at radius 2 is 1.70 bits per heavy atom. The van der Waals surface area contributed by atoms with Crippen LogP contribution in [0.3, 0.4) is 0 Å². The van der Waals surface area contributed by atoms with Crippen molar-refractivity contribution < 1.29 is 14.2 Å². The maximum Gasteiger partial charge on any atom is 0.164 e. The molecule has 0 saturated heterocycles. The molecule has 0 aliphatic heterocycles. The minimum Gasteiger partial charge on any atom is -0.496 e. The first kappa shape index (κ1) is 14.7. The van der Waals surface area contributed by atoms with Crippen molar-refractivity contribution in [1.29, 1.82) is 0 Å². The van der Waals surface area contributed by atoms with E-state index in [1.54, 1.807) is 21.3 Å². The fourth-order valence-corrected chi connectivity index (χ4v) is 2.46. The minimum atomic E-state index is 0.540. The maximum absolute atomic E-state index is 5.44. The van der Waals surface area contributed by atoms with Gasteiger partial charge in [-0.1, -0.05) is 12.2 Å². The van der Waals surface area contributed by atoms with Crippen molar-refractivity contribution >= 4 is 0 Å². The SMILES string of the molecule is COc1cc(OC)c(OC)cc1CNC1CC=CCC1. The van der Waals surface area contributed by atoms with Crippen LogP contribution in [0.25, 0.3) is 0 Å². The zero-order valence-electron chi connectivity index (χ0n) is 12.4. The van der Waals surface area contributed by atoms with Gasteiger partial charge in [0.25, 0.3) is 0 Å². The highest BCUT2D eigenvalue weighted by atomic mass is 16.5. The van der Waals surface area contributed by atoms with E-state index in [2.05, 4.69) is 17.5 Å². The van der Waals surface area contributed by atoms with Crippen LogP contribution in [0.15, 0.2) is 24.3 Å². The average molecular weight is 277 g/mol. The van der Waals surface area contributed by atoms with E-state index >= 15 is 0 Å². The van der Waals surface area contributed by atoms with E-state index in [0.29, 0.717) is 11.8 Å². The number of benzene rings is 1. The van der Waals surface area contributed by atoms with Crippen LogP contribution in [-0.4, -0.2) is 27.4 Å². The van der Waals surface area contributed by atoms with Gasteiger partial charge in [0, 0.05) is 24.2 Å². The summed E-state index contributed by atoms with van der Waals surface area (Å²) in [5, 5.41) is 3.57. The van der Waals surface area contributed by atoms with Crippen molar-refractivity contribution in [2.75, 3.05) is 21.3 Å². The van der Waals surface area contributed by atoms with Gasteiger partial charge in [-0.25, -0.2) is 0 Å². The topological polar surface area (TPSA) is 39.7 Å². The van der Waals surface area contributed by atoms with Gasteiger partial charge in [-0.3, -0.25) is 0 Å². The quantitative estimate of drug-likeness (QED) is 0.812. The van der Waals surface area contributed by atoms with Crippen LogP contribution < -0.4 is 19.5 Å². The molecule has 1 aromatic carbocycles. The monoisotopic (exact) mass is 277 g/mol. The van der Waals surface area contributed by atoms with Gasteiger partial charge in [-0.2, -0.15) is 0 Å². The third kappa shape index (κ3) is 3.45. The summed E-state index contributed by atoms with van der Waals surface area (Å²) in [5.74, 6) is 2.24. The first-order valence-electron chi connectivity index (χ1n) is 6.95. The third-order valence-corrected chi connectivity index (χ3v) is 3.64. The number of hydrogen-bond acceptors (Lipinski definition) is 4. The minimum absolute atomic E-state index is 0.540. The Bertz CT molecular complexity index is 471. The molecule has 110 valence electrons. The van der Waals surface area contributed by atoms with Gasteiger partial charge >= 0.3 is 0 Å². The van der Waals surface area contributed by atoms with E-state index in [0.717, 1.165) is 36.4 Å². The Balaban J connectivity index is 2.10. The van der Waals surface area contributed by atoms with E-state index in [1.165, 1.54) is 6.42 Å². The highest BCUT2D eigenvalue weighted by Crippen LogP contribution is 2.34. The lowest BCUT2D eigenvalue weighted by Gasteiger charge is -2.21. The molecule has 1 aromatic rings. The van der Waals surface area contributed by atoms with Gasteiger partial charge in [0.05, 0.1) is 21.3 Å². The summed E-state index contributed by atoms with van der Waals surface area (Å²) in [5.41, 5.74) is 1.08. The average Bonchev–Trinajstić information content (AvgIpc) is 2.52. The summed E-state index contributed by atoms with van der Waals surface area (Å²) < 4.78 is 16.1. The zero-order valence-corrected chi connectivity index (χ0v) is 12.4. The normalized spacial score (nSPS) is 17.9. The molecule has 1 aliphatic carbocycles. The molecule has 0 bridgehead atoms. The predicted molar refractivity (Wildman–Crippen MR) is 79.7 cm³/mol. The summed E-state index contributed by atoms with van der Waals surface area (Å²) >= 11 is 0. The largest absolute Gasteiger partial charge is 0.496 e. The smallest absolute Gasteiger partial charge is 0.164 e. The van der Waals surface area contributed by atoms with Crippen molar-refractivity contribution in [2.45, 2.75) is 31.8 Å². The molecule has 0 amide bonds. The zero-order chi connectivity index (χ0) is 14.4. The number of nitrogens with one attached hydrogen (secondary N) is 1. The van der Waals surface area contributed by atoms with Crippen LogP contribution in [0.5, 0.6) is 17.2 Å². The third-order valence-electron chi connectivity index (χ3n) is 3.64. The Hall–Kier alpha value is -1.68. The highest BCUT2D eigenvalue weighted by molar-refractivity contribution is 5.50. The lowest BCUT2D eigenvalue weighted by Crippen LogP contribution is -2.29. The fraction of sp³-hybridized carbons (Fsp3) is 0.500. The second-order valence-corrected chi connectivity index (χ2v) is 4.88. The second kappa shape index (κ2) is 7.20. The van der Waals surface area contributed by atoms with Crippen LogP contribution >= 0.6 is 0 Å². The van der Waals surface area contributed by atoms with Gasteiger partial charge in [-0.15, -0.1) is 0 Å². The van der Waals surface area contributed by atoms with E-state index in [4.69, 9.17) is 14.2 Å². The molecule has 0 radical (unpaired) electrons. The van der Waals surface area contributed by atoms with Gasteiger partial charge < -0.3 is 19.5 Å². The van der Waals surface area contributed by atoms with Gasteiger partial charge in [0.2, 0.25) is 0 Å². The summed E-state index contributed by atoms with van der Waals surface area (Å²) in [6.07, 6.45) is 7.92. The molecule has 4 heteroatoms. The molecule has 0 heterocycles. The molecular weight excluding hydrogens is 254 g/mol. The van der Waals surface area contributed by atoms with Gasteiger partial charge in [0.1, 0.15) is 5.75 Å². The fourth-order valence-electron chi connectivity index (χ4n) is 2.46. The van der Waals surface area contributed by atoms with Gasteiger partial charge in [0.15, 0.2) is 11.5 Å². The van der Waals surface area contributed by atoms with Crippen LogP contribution in [-0.2, 0) is 6.54 Å². The lowest BCUT2D eigenvalue weighted by molar-refractivity contribution is 0.346. The molecule has 4 nitrogen and oxygen atoms in total. The Kier molecular flexibility index (Phi) is 5.30. The van der Waals surface area contributed by atoms with Crippen molar-refractivity contribution in [1.82, 2.24) is 5.32 Å². The lowest BCUT2D eigenvalue weighted by atomic mass is 10.0. The number of allylic oxidation sites excluding steroid dienone is 1. The Labute approximate surface area is 120 Å². The molecule has 1 unspecified atom stereocenters. The molecule has 0 aromatic heterocycles. The molecule has 1 N–H and O–H groups in total. The molecule has 0 fully saturated rings. The van der Waals surface area contributed by atoms with Gasteiger partial charge in [-0.05, 0) is 25.3 Å².